The lowest BCUT2D eigenvalue weighted by atomic mass is 10.2. The third-order valence-electron chi connectivity index (χ3n) is 3.73. The first-order valence-electron chi connectivity index (χ1n) is 7.91. The van der Waals surface area contributed by atoms with Crippen LogP contribution in [-0.2, 0) is 5.75 Å². The maximum absolute atomic E-state index is 9.41. The van der Waals surface area contributed by atoms with Crippen molar-refractivity contribution in [2.45, 2.75) is 17.8 Å². The van der Waals surface area contributed by atoms with Crippen molar-refractivity contribution in [3.8, 4) is 22.0 Å². The molecular formula is C18H15N5OS2. The van der Waals surface area contributed by atoms with E-state index in [1.54, 1.807) is 40.3 Å². The van der Waals surface area contributed by atoms with Gasteiger partial charge in [0.05, 0.1) is 11.4 Å². The van der Waals surface area contributed by atoms with Crippen molar-refractivity contribution in [2.24, 2.45) is 0 Å². The molecule has 0 fully saturated rings. The molecule has 4 rings (SSSR count). The van der Waals surface area contributed by atoms with Crippen molar-refractivity contribution in [3.63, 3.8) is 0 Å². The Morgan fingerprint density at radius 1 is 1.08 bits per heavy atom. The van der Waals surface area contributed by atoms with Crippen molar-refractivity contribution < 1.29 is 5.11 Å². The first-order valence-corrected chi connectivity index (χ1v) is 9.77. The number of hydrogen-bond donors (Lipinski definition) is 1. The molecule has 4 aromatic rings. The summed E-state index contributed by atoms with van der Waals surface area (Å²) >= 11 is 3.16. The molecule has 0 radical (unpaired) electrons. The number of thioether (sulfide) groups is 1. The second-order valence-electron chi connectivity index (χ2n) is 5.69. The predicted octanol–water partition coefficient (Wildman–Crippen LogP) is 4.09. The van der Waals surface area contributed by atoms with Crippen LogP contribution in [0.5, 0.6) is 5.75 Å². The van der Waals surface area contributed by atoms with Gasteiger partial charge >= 0.3 is 0 Å². The summed E-state index contributed by atoms with van der Waals surface area (Å²) in [6.45, 7) is 2.08. The van der Waals surface area contributed by atoms with Crippen molar-refractivity contribution in [3.05, 3.63) is 65.2 Å². The Kier molecular flexibility index (Phi) is 4.68. The highest BCUT2D eigenvalue weighted by Gasteiger charge is 2.11. The summed E-state index contributed by atoms with van der Waals surface area (Å²) in [4.78, 5) is 4.71. The molecule has 1 N–H and O–H groups in total. The number of aryl methyl sites for hydroxylation is 1. The van der Waals surface area contributed by atoms with Crippen LogP contribution in [0.2, 0.25) is 0 Å². The molecule has 0 spiro atoms. The molecule has 2 aromatic heterocycles. The maximum atomic E-state index is 9.41. The quantitative estimate of drug-likeness (QED) is 0.525. The monoisotopic (exact) mass is 381 g/mol. The average molecular weight is 381 g/mol. The van der Waals surface area contributed by atoms with Gasteiger partial charge in [-0.25, -0.2) is 4.98 Å². The summed E-state index contributed by atoms with van der Waals surface area (Å²) in [6.07, 6.45) is 0. The molecule has 26 heavy (non-hydrogen) atoms. The Bertz CT molecular complexity index is 1010. The fourth-order valence-corrected chi connectivity index (χ4v) is 4.08. The van der Waals surface area contributed by atoms with E-state index < -0.39 is 0 Å². The summed E-state index contributed by atoms with van der Waals surface area (Å²) < 4.78 is 1.65. The Hall–Kier alpha value is -2.71. The first kappa shape index (κ1) is 16.7. The number of hydrogen-bond acceptors (Lipinski definition) is 7. The van der Waals surface area contributed by atoms with Crippen molar-refractivity contribution in [2.75, 3.05) is 0 Å². The van der Waals surface area contributed by atoms with Crippen molar-refractivity contribution in [1.29, 1.82) is 0 Å². The zero-order valence-electron chi connectivity index (χ0n) is 13.9. The van der Waals surface area contributed by atoms with Crippen LogP contribution in [0.25, 0.3) is 16.3 Å². The molecule has 0 saturated carbocycles. The van der Waals surface area contributed by atoms with Crippen LogP contribution in [0.3, 0.4) is 0 Å². The Labute approximate surface area is 158 Å². The van der Waals surface area contributed by atoms with Crippen LogP contribution >= 0.6 is 23.1 Å². The Morgan fingerprint density at radius 2 is 1.85 bits per heavy atom. The summed E-state index contributed by atoms with van der Waals surface area (Å²) in [7, 11) is 0. The minimum absolute atomic E-state index is 0.210. The minimum Gasteiger partial charge on any atom is -0.508 e. The highest BCUT2D eigenvalue weighted by atomic mass is 32.2. The molecule has 0 unspecified atom stereocenters. The number of thiazole rings is 1. The number of tetrazole rings is 1. The van der Waals surface area contributed by atoms with Gasteiger partial charge in [-0.1, -0.05) is 41.6 Å². The van der Waals surface area contributed by atoms with E-state index in [9.17, 15) is 5.11 Å². The van der Waals surface area contributed by atoms with Crippen LogP contribution < -0.4 is 0 Å². The maximum Gasteiger partial charge on any atom is 0.214 e. The molecule has 0 saturated heterocycles. The van der Waals surface area contributed by atoms with Gasteiger partial charge in [0.1, 0.15) is 10.8 Å². The molecule has 6 nitrogen and oxygen atoms in total. The molecule has 2 heterocycles. The zero-order valence-corrected chi connectivity index (χ0v) is 15.5. The molecule has 0 aliphatic rings. The van der Waals surface area contributed by atoms with E-state index in [0.29, 0.717) is 10.9 Å². The average Bonchev–Trinajstić information content (AvgIpc) is 3.30. The van der Waals surface area contributed by atoms with Crippen LogP contribution in [0.1, 0.15) is 11.3 Å². The van der Waals surface area contributed by atoms with E-state index >= 15 is 0 Å². The second kappa shape index (κ2) is 7.27. The Balaban J connectivity index is 1.48. The molecule has 8 heteroatoms. The number of benzene rings is 2. The minimum atomic E-state index is 0.210. The van der Waals surface area contributed by atoms with Crippen molar-refractivity contribution >= 4 is 23.1 Å². The van der Waals surface area contributed by atoms with Gasteiger partial charge in [0.25, 0.3) is 0 Å². The van der Waals surface area contributed by atoms with Gasteiger partial charge < -0.3 is 5.11 Å². The van der Waals surface area contributed by atoms with E-state index in [1.165, 1.54) is 17.3 Å². The Morgan fingerprint density at radius 3 is 2.62 bits per heavy atom. The van der Waals surface area contributed by atoms with E-state index in [2.05, 4.69) is 52.1 Å². The summed E-state index contributed by atoms with van der Waals surface area (Å²) in [5.74, 6) is 0.892. The number of aromatic nitrogens is 5. The van der Waals surface area contributed by atoms with Crippen LogP contribution in [0.4, 0.5) is 0 Å². The fourth-order valence-electron chi connectivity index (χ4n) is 2.37. The third-order valence-corrected chi connectivity index (χ3v) is 5.63. The number of nitrogens with zero attached hydrogens (tertiary/aromatic N) is 5. The van der Waals surface area contributed by atoms with Crippen molar-refractivity contribution in [1.82, 2.24) is 25.2 Å². The summed E-state index contributed by atoms with van der Waals surface area (Å²) in [5.41, 5.74) is 4.16. The SMILES string of the molecule is Cc1ccc(-c2nc(CSc3nnnn3-c3ccc(O)cc3)cs2)cc1. The van der Waals surface area contributed by atoms with Gasteiger partial charge in [0.2, 0.25) is 5.16 Å². The standard InChI is InChI=1S/C18H15N5OS2/c1-12-2-4-13(5-3-12)17-19-14(10-25-17)11-26-18-20-21-22-23(18)15-6-8-16(24)9-7-15/h2-10,24H,11H2,1H3. The van der Waals surface area contributed by atoms with Crippen LogP contribution in [-0.4, -0.2) is 30.3 Å². The van der Waals surface area contributed by atoms with Gasteiger partial charge in [-0.2, -0.15) is 4.68 Å². The second-order valence-corrected chi connectivity index (χ2v) is 7.49. The van der Waals surface area contributed by atoms with Gasteiger partial charge in [0, 0.05) is 16.7 Å². The number of phenolic OH excluding ortho intramolecular Hbond substituents is 1. The smallest absolute Gasteiger partial charge is 0.214 e. The molecule has 0 aliphatic heterocycles. The number of aromatic hydroxyl groups is 1. The normalized spacial score (nSPS) is 11.0. The van der Waals surface area contributed by atoms with E-state index in [0.717, 1.165) is 22.0 Å². The largest absolute Gasteiger partial charge is 0.508 e. The van der Waals surface area contributed by atoms with Gasteiger partial charge in [-0.3, -0.25) is 0 Å². The van der Waals surface area contributed by atoms with E-state index in [4.69, 9.17) is 4.98 Å². The van der Waals surface area contributed by atoms with Gasteiger partial charge in [0.15, 0.2) is 0 Å². The molecule has 0 amide bonds. The molecule has 130 valence electrons. The molecule has 0 bridgehead atoms. The highest BCUT2D eigenvalue weighted by Crippen LogP contribution is 2.28. The van der Waals surface area contributed by atoms with E-state index in [-0.39, 0.29) is 5.75 Å². The predicted molar refractivity (Wildman–Crippen MR) is 103 cm³/mol. The van der Waals surface area contributed by atoms with Gasteiger partial charge in [-0.05, 0) is 41.6 Å². The van der Waals surface area contributed by atoms with Gasteiger partial charge in [-0.15, -0.1) is 16.4 Å². The van der Waals surface area contributed by atoms with Crippen LogP contribution in [0, 0.1) is 6.92 Å². The highest BCUT2D eigenvalue weighted by molar-refractivity contribution is 7.98. The molecular weight excluding hydrogens is 366 g/mol. The third kappa shape index (κ3) is 3.61. The summed E-state index contributed by atoms with van der Waals surface area (Å²) in [5, 5.41) is 25.0. The first-order chi connectivity index (χ1) is 12.7. The number of phenols is 1. The molecule has 0 atom stereocenters. The van der Waals surface area contributed by atoms with Crippen LogP contribution in [0.15, 0.2) is 59.1 Å². The summed E-state index contributed by atoms with van der Waals surface area (Å²) in [6, 6.07) is 15.1. The molecule has 2 aromatic carbocycles. The lowest BCUT2D eigenvalue weighted by molar-refractivity contribution is 0.475. The fraction of sp³-hybridized carbons (Fsp3) is 0.111. The lowest BCUT2D eigenvalue weighted by Crippen LogP contribution is -1.98. The lowest BCUT2D eigenvalue weighted by Gasteiger charge is -2.03. The molecule has 0 aliphatic carbocycles. The zero-order chi connectivity index (χ0) is 17.9. The topological polar surface area (TPSA) is 76.7 Å². The number of rotatable bonds is 5. The van der Waals surface area contributed by atoms with E-state index in [1.807, 2.05) is 0 Å².